The molecule has 3 nitrogen and oxygen atoms in total. The summed E-state index contributed by atoms with van der Waals surface area (Å²) < 4.78 is 54.9. The minimum absolute atomic E-state index is 0.160. The summed E-state index contributed by atoms with van der Waals surface area (Å²) in [7, 11) is 0. The standard InChI is InChI=1S/C30H25F4NO2/c31-26-12-10-23(30(32,33)34)18-25(26)28(15-16-28)19-29(37,14-13-20-5-2-1-3-6-20)27(36)35-24-11-9-21-7-4-8-22(21)17-24/h1-3,5-6,9-12,17-18,37H,4,7-8,15-16,19H2,(H,35,36). The molecule has 2 aliphatic carbocycles. The number of halogens is 4. The van der Waals surface area contributed by atoms with E-state index in [1.807, 2.05) is 12.1 Å². The summed E-state index contributed by atoms with van der Waals surface area (Å²) in [5, 5.41) is 14.4. The zero-order valence-corrected chi connectivity index (χ0v) is 20.0. The first kappa shape index (κ1) is 25.0. The number of aryl methyl sites for hydroxylation is 2. The van der Waals surface area contributed by atoms with Crippen molar-refractivity contribution in [2.75, 3.05) is 5.32 Å². The lowest BCUT2D eigenvalue weighted by molar-refractivity contribution is -0.137. The third-order valence-electron chi connectivity index (χ3n) is 7.23. The van der Waals surface area contributed by atoms with E-state index in [9.17, 15) is 27.5 Å². The monoisotopic (exact) mass is 507 g/mol. The number of benzene rings is 3. The van der Waals surface area contributed by atoms with Crippen LogP contribution in [0.25, 0.3) is 0 Å². The molecule has 37 heavy (non-hydrogen) atoms. The molecule has 0 radical (unpaired) electrons. The van der Waals surface area contributed by atoms with Crippen LogP contribution in [0.1, 0.15) is 53.5 Å². The fourth-order valence-corrected chi connectivity index (χ4v) is 5.05. The average molecular weight is 508 g/mol. The molecule has 0 aliphatic heterocycles. The fraction of sp³-hybridized carbons (Fsp3) is 0.300. The minimum Gasteiger partial charge on any atom is -0.369 e. The molecule has 0 saturated heterocycles. The Kier molecular flexibility index (Phi) is 6.33. The van der Waals surface area contributed by atoms with Gasteiger partial charge in [-0.2, -0.15) is 13.2 Å². The minimum atomic E-state index is -4.65. The number of rotatable bonds is 5. The number of amides is 1. The third kappa shape index (κ3) is 5.26. The van der Waals surface area contributed by atoms with Crippen LogP contribution in [0, 0.1) is 17.7 Å². The Labute approximate surface area is 212 Å². The number of anilines is 1. The molecular weight excluding hydrogens is 482 g/mol. The van der Waals surface area contributed by atoms with Crippen molar-refractivity contribution in [3.63, 3.8) is 0 Å². The predicted molar refractivity (Wildman–Crippen MR) is 132 cm³/mol. The number of alkyl halides is 3. The van der Waals surface area contributed by atoms with Crippen molar-refractivity contribution in [3.8, 4) is 11.8 Å². The summed E-state index contributed by atoms with van der Waals surface area (Å²) in [6, 6.07) is 16.6. The van der Waals surface area contributed by atoms with E-state index in [1.54, 1.807) is 36.4 Å². The topological polar surface area (TPSA) is 49.3 Å². The summed E-state index contributed by atoms with van der Waals surface area (Å²) in [6.45, 7) is 0. The Morgan fingerprint density at radius 1 is 0.973 bits per heavy atom. The van der Waals surface area contributed by atoms with Crippen LogP contribution < -0.4 is 5.32 Å². The number of nitrogens with one attached hydrogen (secondary N) is 1. The van der Waals surface area contributed by atoms with Gasteiger partial charge in [0.05, 0.1) is 5.56 Å². The Bertz CT molecular complexity index is 1400. The van der Waals surface area contributed by atoms with E-state index in [0.29, 0.717) is 30.2 Å². The lowest BCUT2D eigenvalue weighted by Crippen LogP contribution is -2.44. The van der Waals surface area contributed by atoms with E-state index < -0.39 is 34.5 Å². The number of fused-ring (bicyclic) bond motifs is 1. The molecule has 2 aliphatic rings. The van der Waals surface area contributed by atoms with Gasteiger partial charge in [-0.1, -0.05) is 36.1 Å². The van der Waals surface area contributed by atoms with Crippen LogP contribution in [0.3, 0.4) is 0 Å². The second-order valence-corrected chi connectivity index (χ2v) is 9.92. The van der Waals surface area contributed by atoms with E-state index in [4.69, 9.17) is 0 Å². The zero-order chi connectivity index (χ0) is 26.3. The van der Waals surface area contributed by atoms with E-state index in [-0.39, 0.29) is 12.0 Å². The van der Waals surface area contributed by atoms with Crippen LogP contribution in [0.15, 0.2) is 66.7 Å². The number of carbonyl (C=O) groups is 1. The first-order valence-electron chi connectivity index (χ1n) is 12.2. The molecule has 1 fully saturated rings. The molecule has 0 spiro atoms. The van der Waals surface area contributed by atoms with Crippen molar-refractivity contribution in [1.82, 2.24) is 0 Å². The van der Waals surface area contributed by atoms with Gasteiger partial charge in [0.2, 0.25) is 5.60 Å². The van der Waals surface area contributed by atoms with Gasteiger partial charge in [-0.3, -0.25) is 4.79 Å². The maximum Gasteiger partial charge on any atom is 0.416 e. The lowest BCUT2D eigenvalue weighted by atomic mass is 9.81. The first-order chi connectivity index (χ1) is 17.6. The summed E-state index contributed by atoms with van der Waals surface area (Å²) in [5.41, 5.74) is -1.14. The Morgan fingerprint density at radius 3 is 2.41 bits per heavy atom. The van der Waals surface area contributed by atoms with Crippen LogP contribution in [0.2, 0.25) is 0 Å². The van der Waals surface area contributed by atoms with Crippen molar-refractivity contribution in [2.24, 2.45) is 0 Å². The molecule has 5 rings (SSSR count). The molecule has 7 heteroatoms. The van der Waals surface area contributed by atoms with Gasteiger partial charge in [0, 0.05) is 23.1 Å². The van der Waals surface area contributed by atoms with Crippen LogP contribution in [-0.4, -0.2) is 16.6 Å². The second kappa shape index (κ2) is 9.35. The molecule has 190 valence electrons. The van der Waals surface area contributed by atoms with Crippen molar-refractivity contribution in [1.29, 1.82) is 0 Å². The van der Waals surface area contributed by atoms with Gasteiger partial charge in [0.1, 0.15) is 5.82 Å². The van der Waals surface area contributed by atoms with Gasteiger partial charge in [0.15, 0.2) is 0 Å². The van der Waals surface area contributed by atoms with Gasteiger partial charge in [-0.25, -0.2) is 4.39 Å². The van der Waals surface area contributed by atoms with E-state index in [1.165, 1.54) is 5.56 Å². The van der Waals surface area contributed by atoms with Crippen molar-refractivity contribution in [3.05, 3.63) is 100 Å². The van der Waals surface area contributed by atoms with Crippen LogP contribution in [0.4, 0.5) is 23.2 Å². The average Bonchev–Trinajstić information content (AvgIpc) is 3.48. The van der Waals surface area contributed by atoms with Crippen LogP contribution >= 0.6 is 0 Å². The van der Waals surface area contributed by atoms with Gasteiger partial charge in [-0.05, 0) is 91.3 Å². The van der Waals surface area contributed by atoms with E-state index >= 15 is 0 Å². The first-order valence-corrected chi connectivity index (χ1v) is 12.2. The molecule has 1 saturated carbocycles. The van der Waals surface area contributed by atoms with Crippen molar-refractivity contribution in [2.45, 2.75) is 55.7 Å². The van der Waals surface area contributed by atoms with Gasteiger partial charge in [0.25, 0.3) is 5.91 Å². The molecule has 0 heterocycles. The molecule has 0 bridgehead atoms. The van der Waals surface area contributed by atoms with Crippen molar-refractivity contribution < 1.29 is 27.5 Å². The number of hydrogen-bond donors (Lipinski definition) is 2. The molecule has 0 aromatic heterocycles. The highest BCUT2D eigenvalue weighted by molar-refractivity contribution is 6.00. The van der Waals surface area contributed by atoms with Gasteiger partial charge < -0.3 is 10.4 Å². The maximum absolute atomic E-state index is 14.8. The molecule has 1 atom stereocenters. The predicted octanol–water partition coefficient (Wildman–Crippen LogP) is 6.18. The second-order valence-electron chi connectivity index (χ2n) is 9.92. The summed E-state index contributed by atoms with van der Waals surface area (Å²) in [6.07, 6.45) is -1.43. The Hall–Kier alpha value is -3.63. The third-order valence-corrected chi connectivity index (χ3v) is 7.23. The number of carbonyl (C=O) groups excluding carboxylic acids is 1. The van der Waals surface area contributed by atoms with Crippen LogP contribution in [-0.2, 0) is 29.2 Å². The molecule has 1 amide bonds. The Balaban J connectivity index is 1.49. The molecular formula is C30H25F4NO2. The van der Waals surface area contributed by atoms with E-state index in [2.05, 4.69) is 17.2 Å². The molecule has 3 aromatic rings. The molecule has 3 aromatic carbocycles. The number of aliphatic hydroxyl groups is 1. The molecule has 2 N–H and O–H groups in total. The summed E-state index contributed by atoms with van der Waals surface area (Å²) in [5.74, 6) is 3.87. The highest BCUT2D eigenvalue weighted by Gasteiger charge is 2.54. The number of hydrogen-bond acceptors (Lipinski definition) is 2. The summed E-state index contributed by atoms with van der Waals surface area (Å²) >= 11 is 0. The summed E-state index contributed by atoms with van der Waals surface area (Å²) in [4.78, 5) is 13.5. The highest BCUT2D eigenvalue weighted by Crippen LogP contribution is 2.55. The largest absolute Gasteiger partial charge is 0.416 e. The van der Waals surface area contributed by atoms with Gasteiger partial charge in [-0.15, -0.1) is 0 Å². The molecule has 1 unspecified atom stereocenters. The quantitative estimate of drug-likeness (QED) is 0.320. The zero-order valence-electron chi connectivity index (χ0n) is 20.0. The highest BCUT2D eigenvalue weighted by atomic mass is 19.4. The lowest BCUT2D eigenvalue weighted by Gasteiger charge is -2.28. The normalized spacial score (nSPS) is 17.2. The Morgan fingerprint density at radius 2 is 1.70 bits per heavy atom. The smallest absolute Gasteiger partial charge is 0.369 e. The SMILES string of the molecule is O=C(Nc1ccc2c(c1)CCC2)C(O)(C#Cc1ccccc1)CC1(c2cc(C(F)(F)F)ccc2F)CC1. The maximum atomic E-state index is 14.8. The van der Waals surface area contributed by atoms with E-state index in [0.717, 1.165) is 37.0 Å². The van der Waals surface area contributed by atoms with Crippen LogP contribution in [0.5, 0.6) is 0 Å². The fourth-order valence-electron chi connectivity index (χ4n) is 5.05. The van der Waals surface area contributed by atoms with Crippen molar-refractivity contribution >= 4 is 11.6 Å². The van der Waals surface area contributed by atoms with Gasteiger partial charge >= 0.3 is 6.18 Å².